The van der Waals surface area contributed by atoms with E-state index in [4.69, 9.17) is 10.8 Å². The Kier molecular flexibility index (Phi) is 3.26. The molecule has 0 rings (SSSR count). The monoisotopic (exact) mass is 157 g/mol. The highest BCUT2D eigenvalue weighted by Gasteiger charge is 2.33. The zero-order valence-corrected chi connectivity index (χ0v) is 7.00. The number of hydrogen-bond acceptors (Lipinski definition) is 2. The van der Waals surface area contributed by atoms with Gasteiger partial charge in [0.05, 0.1) is 5.41 Å². The van der Waals surface area contributed by atoms with Crippen LogP contribution in [0.4, 0.5) is 0 Å². The highest BCUT2D eigenvalue weighted by atomic mass is 16.4. The Morgan fingerprint density at radius 2 is 2.27 bits per heavy atom. The Morgan fingerprint density at radius 3 is 2.55 bits per heavy atom. The summed E-state index contributed by atoms with van der Waals surface area (Å²) < 4.78 is 0. The Labute approximate surface area is 66.9 Å². The first-order chi connectivity index (χ1) is 4.92. The number of carboxylic acids is 1. The second-order valence-corrected chi connectivity index (χ2v) is 3.16. The van der Waals surface area contributed by atoms with E-state index >= 15 is 0 Å². The zero-order valence-electron chi connectivity index (χ0n) is 7.00. The van der Waals surface area contributed by atoms with Crippen LogP contribution in [-0.4, -0.2) is 17.1 Å². The molecule has 1 atom stereocenters. The summed E-state index contributed by atoms with van der Waals surface area (Å²) in [6, 6.07) is -0.363. The van der Waals surface area contributed by atoms with Gasteiger partial charge in [-0.05, 0) is 20.3 Å². The van der Waals surface area contributed by atoms with Crippen molar-refractivity contribution in [3.05, 3.63) is 12.7 Å². The molecule has 0 fully saturated rings. The normalized spacial score (nSPS) is 14.1. The maximum atomic E-state index is 10.6. The van der Waals surface area contributed by atoms with E-state index in [2.05, 4.69) is 6.58 Å². The van der Waals surface area contributed by atoms with Crippen molar-refractivity contribution in [2.75, 3.05) is 0 Å². The highest BCUT2D eigenvalue weighted by molar-refractivity contribution is 5.74. The van der Waals surface area contributed by atoms with E-state index in [1.807, 2.05) is 0 Å². The molecule has 0 bridgehead atoms. The largest absolute Gasteiger partial charge is 0.481 e. The minimum atomic E-state index is -0.869. The summed E-state index contributed by atoms with van der Waals surface area (Å²) in [5, 5.41) is 8.72. The van der Waals surface area contributed by atoms with Crippen molar-refractivity contribution >= 4 is 5.97 Å². The lowest BCUT2D eigenvalue weighted by molar-refractivity contribution is -0.148. The first kappa shape index (κ1) is 10.2. The molecular formula is C8H15NO2. The summed E-state index contributed by atoms with van der Waals surface area (Å²) in [5.41, 5.74) is 4.74. The molecule has 3 heteroatoms. The molecule has 0 aliphatic rings. The van der Waals surface area contributed by atoms with Gasteiger partial charge < -0.3 is 10.8 Å². The van der Waals surface area contributed by atoms with Gasteiger partial charge in [-0.15, -0.1) is 6.58 Å². The Balaban J connectivity index is 4.28. The highest BCUT2D eigenvalue weighted by Crippen LogP contribution is 2.21. The second-order valence-electron chi connectivity index (χ2n) is 3.16. The molecule has 0 aromatic rings. The van der Waals surface area contributed by atoms with Crippen LogP contribution in [0.3, 0.4) is 0 Å². The smallest absolute Gasteiger partial charge is 0.310 e. The molecule has 0 aliphatic heterocycles. The molecule has 11 heavy (non-hydrogen) atoms. The molecule has 0 unspecified atom stereocenters. The average molecular weight is 157 g/mol. The lowest BCUT2D eigenvalue weighted by Gasteiger charge is -2.25. The molecule has 0 saturated carbocycles. The number of hydrogen-bond donors (Lipinski definition) is 2. The number of carbonyl (C=O) groups is 1. The maximum Gasteiger partial charge on any atom is 0.310 e. The van der Waals surface area contributed by atoms with E-state index in [-0.39, 0.29) is 6.04 Å². The molecule has 0 aromatic heterocycles. The van der Waals surface area contributed by atoms with Crippen LogP contribution in [0.15, 0.2) is 12.7 Å². The van der Waals surface area contributed by atoms with Crippen LogP contribution in [0.2, 0.25) is 0 Å². The molecule has 0 radical (unpaired) electrons. The van der Waals surface area contributed by atoms with Crippen molar-refractivity contribution in [2.24, 2.45) is 11.1 Å². The van der Waals surface area contributed by atoms with Crippen molar-refractivity contribution < 1.29 is 9.90 Å². The van der Waals surface area contributed by atoms with Gasteiger partial charge in [0, 0.05) is 6.04 Å². The van der Waals surface area contributed by atoms with E-state index in [0.717, 1.165) is 0 Å². The fourth-order valence-electron chi connectivity index (χ4n) is 0.633. The van der Waals surface area contributed by atoms with E-state index in [0.29, 0.717) is 6.42 Å². The molecule has 0 amide bonds. The number of aliphatic carboxylic acids is 1. The molecule has 0 aliphatic carbocycles. The zero-order chi connectivity index (χ0) is 9.07. The van der Waals surface area contributed by atoms with Crippen LogP contribution < -0.4 is 5.73 Å². The van der Waals surface area contributed by atoms with Crippen molar-refractivity contribution in [1.82, 2.24) is 0 Å². The molecule has 0 spiro atoms. The summed E-state index contributed by atoms with van der Waals surface area (Å²) >= 11 is 0. The summed E-state index contributed by atoms with van der Waals surface area (Å²) in [6.07, 6.45) is 2.16. The predicted molar refractivity (Wildman–Crippen MR) is 44.2 cm³/mol. The van der Waals surface area contributed by atoms with Crippen molar-refractivity contribution in [2.45, 2.75) is 26.3 Å². The Morgan fingerprint density at radius 1 is 1.82 bits per heavy atom. The van der Waals surface area contributed by atoms with Crippen LogP contribution in [0.1, 0.15) is 20.3 Å². The molecule has 3 nitrogen and oxygen atoms in total. The van der Waals surface area contributed by atoms with E-state index in [9.17, 15) is 4.79 Å². The van der Waals surface area contributed by atoms with Gasteiger partial charge in [0.25, 0.3) is 0 Å². The number of rotatable bonds is 4. The van der Waals surface area contributed by atoms with Gasteiger partial charge in [-0.1, -0.05) is 6.08 Å². The van der Waals surface area contributed by atoms with Gasteiger partial charge in [0.1, 0.15) is 0 Å². The maximum absolute atomic E-state index is 10.6. The third-order valence-corrected chi connectivity index (χ3v) is 1.90. The summed E-state index contributed by atoms with van der Waals surface area (Å²) in [6.45, 7) is 6.73. The third kappa shape index (κ3) is 2.35. The minimum Gasteiger partial charge on any atom is -0.481 e. The summed E-state index contributed by atoms with van der Waals surface area (Å²) in [4.78, 5) is 10.6. The van der Waals surface area contributed by atoms with Crippen LogP contribution in [0, 0.1) is 5.41 Å². The van der Waals surface area contributed by atoms with Crippen LogP contribution >= 0.6 is 0 Å². The summed E-state index contributed by atoms with van der Waals surface area (Å²) in [7, 11) is 0. The Hall–Kier alpha value is -0.830. The standard InChI is InChI=1S/C8H15NO2/c1-4-5-6(9)8(2,3)7(10)11/h4,6H,1,5,9H2,2-3H3,(H,10,11)/t6-/m1/s1. The lowest BCUT2D eigenvalue weighted by atomic mass is 9.83. The van der Waals surface area contributed by atoms with Gasteiger partial charge in [0.15, 0.2) is 0 Å². The molecule has 0 heterocycles. The molecule has 3 N–H and O–H groups in total. The minimum absolute atomic E-state index is 0.363. The van der Waals surface area contributed by atoms with Gasteiger partial charge in [-0.25, -0.2) is 0 Å². The fraction of sp³-hybridized carbons (Fsp3) is 0.625. The summed E-state index contributed by atoms with van der Waals surface area (Å²) in [5.74, 6) is -0.869. The van der Waals surface area contributed by atoms with E-state index in [1.54, 1.807) is 19.9 Å². The first-order valence-electron chi connectivity index (χ1n) is 3.52. The molecule has 0 saturated heterocycles. The van der Waals surface area contributed by atoms with Crippen molar-refractivity contribution in [1.29, 1.82) is 0 Å². The number of carboxylic acid groups (broad SMARTS) is 1. The third-order valence-electron chi connectivity index (χ3n) is 1.90. The van der Waals surface area contributed by atoms with Crippen LogP contribution in [0.25, 0.3) is 0 Å². The van der Waals surface area contributed by atoms with Crippen molar-refractivity contribution in [3.63, 3.8) is 0 Å². The topological polar surface area (TPSA) is 63.3 Å². The first-order valence-corrected chi connectivity index (χ1v) is 3.52. The second kappa shape index (κ2) is 3.53. The quantitative estimate of drug-likeness (QED) is 0.598. The van der Waals surface area contributed by atoms with Gasteiger partial charge in [-0.3, -0.25) is 4.79 Å². The van der Waals surface area contributed by atoms with E-state index < -0.39 is 11.4 Å². The number of nitrogens with two attached hydrogens (primary N) is 1. The SMILES string of the molecule is C=CC[C@@H](N)C(C)(C)C(=O)O. The van der Waals surface area contributed by atoms with E-state index in [1.165, 1.54) is 0 Å². The predicted octanol–water partition coefficient (Wildman–Crippen LogP) is 1.00. The van der Waals surface area contributed by atoms with Gasteiger partial charge in [-0.2, -0.15) is 0 Å². The molecule has 0 aromatic carbocycles. The van der Waals surface area contributed by atoms with Crippen LogP contribution in [0.5, 0.6) is 0 Å². The fourth-order valence-corrected chi connectivity index (χ4v) is 0.633. The average Bonchev–Trinajstić information content (AvgIpc) is 1.88. The molecular weight excluding hydrogens is 142 g/mol. The molecule has 64 valence electrons. The lowest BCUT2D eigenvalue weighted by Crippen LogP contribution is -2.42. The van der Waals surface area contributed by atoms with Gasteiger partial charge >= 0.3 is 5.97 Å². The van der Waals surface area contributed by atoms with Crippen molar-refractivity contribution in [3.8, 4) is 0 Å². The van der Waals surface area contributed by atoms with Gasteiger partial charge in [0.2, 0.25) is 0 Å². The van der Waals surface area contributed by atoms with Crippen LogP contribution in [-0.2, 0) is 4.79 Å². The Bertz CT molecular complexity index is 163.